The van der Waals surface area contributed by atoms with E-state index in [-0.39, 0.29) is 6.29 Å². The van der Waals surface area contributed by atoms with Crippen molar-refractivity contribution in [3.63, 3.8) is 0 Å². The summed E-state index contributed by atoms with van der Waals surface area (Å²) in [5.41, 5.74) is 0. The van der Waals surface area contributed by atoms with Gasteiger partial charge in [-0.3, -0.25) is 0 Å². The maximum absolute atomic E-state index is 12.3. The number of aldehydes is 1. The lowest BCUT2D eigenvalue weighted by molar-refractivity contribution is -0.127. The smallest absolute Gasteiger partial charge is 0.183 e. The second kappa shape index (κ2) is 5.15. The molecule has 0 aliphatic heterocycles. The average molecular weight is 182 g/mol. The Morgan fingerprint density at radius 1 is 1.25 bits per heavy atom. The summed E-state index contributed by atoms with van der Waals surface area (Å²) in [6, 6.07) is 0. The first-order chi connectivity index (χ1) is 5.54. The molecule has 4 atom stereocenters. The number of aliphatic hydroxyl groups excluding tert-OH is 4. The molecule has 0 unspecified atom stereocenters. The number of hydrogen-bond acceptors (Lipinski definition) is 5. The molecule has 0 aromatic heterocycles. The highest BCUT2D eigenvalue weighted by molar-refractivity contribution is 5.56. The summed E-state index contributed by atoms with van der Waals surface area (Å²) in [6.07, 6.45) is -7.99. The lowest BCUT2D eigenvalue weighted by Gasteiger charge is -2.21. The van der Waals surface area contributed by atoms with Gasteiger partial charge in [0, 0.05) is 0 Å². The van der Waals surface area contributed by atoms with Crippen molar-refractivity contribution >= 4 is 6.29 Å². The third-order valence-electron chi connectivity index (χ3n) is 1.39. The monoisotopic (exact) mass is 182 g/mol. The molecule has 0 aromatic carbocycles. The van der Waals surface area contributed by atoms with E-state index in [1.54, 1.807) is 0 Å². The van der Waals surface area contributed by atoms with Crippen molar-refractivity contribution in [2.75, 3.05) is 6.61 Å². The summed E-state index contributed by atoms with van der Waals surface area (Å²) in [7, 11) is 0. The van der Waals surface area contributed by atoms with Gasteiger partial charge in [0.15, 0.2) is 12.5 Å². The van der Waals surface area contributed by atoms with Crippen LogP contribution in [0.15, 0.2) is 0 Å². The van der Waals surface area contributed by atoms with Crippen LogP contribution in [0.1, 0.15) is 0 Å². The highest BCUT2D eigenvalue weighted by atomic mass is 19.1. The van der Waals surface area contributed by atoms with Gasteiger partial charge in [-0.2, -0.15) is 0 Å². The topological polar surface area (TPSA) is 98.0 Å². The molecule has 0 aliphatic rings. The van der Waals surface area contributed by atoms with Gasteiger partial charge in [-0.1, -0.05) is 0 Å². The van der Waals surface area contributed by atoms with Gasteiger partial charge in [-0.05, 0) is 0 Å². The molecule has 0 heterocycles. The van der Waals surface area contributed by atoms with Crippen LogP contribution in [0.25, 0.3) is 0 Å². The summed E-state index contributed by atoms with van der Waals surface area (Å²) in [4.78, 5) is 9.77. The van der Waals surface area contributed by atoms with Gasteiger partial charge in [0.2, 0.25) is 0 Å². The lowest BCUT2D eigenvalue weighted by Crippen LogP contribution is -2.44. The van der Waals surface area contributed by atoms with Crippen molar-refractivity contribution in [1.82, 2.24) is 0 Å². The Bertz CT molecular complexity index is 142. The molecule has 0 fully saturated rings. The van der Waals surface area contributed by atoms with E-state index in [0.717, 1.165) is 0 Å². The van der Waals surface area contributed by atoms with Gasteiger partial charge in [0.1, 0.15) is 18.3 Å². The Kier molecular flexibility index (Phi) is 4.91. The molecule has 72 valence electrons. The van der Waals surface area contributed by atoms with Crippen LogP contribution in [0, 0.1) is 0 Å². The molecule has 4 N–H and O–H groups in total. The zero-order valence-electron chi connectivity index (χ0n) is 6.17. The molecule has 0 radical (unpaired) electrons. The van der Waals surface area contributed by atoms with E-state index in [0.29, 0.717) is 0 Å². The molecule has 0 saturated heterocycles. The van der Waals surface area contributed by atoms with E-state index in [2.05, 4.69) is 0 Å². The minimum Gasteiger partial charge on any atom is -0.394 e. The summed E-state index contributed by atoms with van der Waals surface area (Å²) in [5.74, 6) is 0. The molecular formula is C6H11FO5. The molecule has 0 aliphatic carbocycles. The maximum Gasteiger partial charge on any atom is 0.183 e. The normalized spacial score (nSPS) is 21.1. The summed E-state index contributed by atoms with van der Waals surface area (Å²) >= 11 is 0. The first-order valence-corrected chi connectivity index (χ1v) is 3.29. The van der Waals surface area contributed by atoms with Crippen LogP contribution in [0.2, 0.25) is 0 Å². The Balaban J connectivity index is 4.07. The number of rotatable bonds is 5. The fourth-order valence-electron chi connectivity index (χ4n) is 0.604. The van der Waals surface area contributed by atoms with Gasteiger partial charge >= 0.3 is 0 Å². The third-order valence-corrected chi connectivity index (χ3v) is 1.39. The van der Waals surface area contributed by atoms with E-state index in [1.165, 1.54) is 0 Å². The van der Waals surface area contributed by atoms with Crippen molar-refractivity contribution < 1.29 is 29.6 Å². The maximum atomic E-state index is 12.3. The van der Waals surface area contributed by atoms with Crippen LogP contribution in [0.4, 0.5) is 4.39 Å². The number of carbonyl (C=O) groups is 1. The van der Waals surface area contributed by atoms with Crippen LogP contribution in [-0.4, -0.2) is 57.8 Å². The molecule has 0 spiro atoms. The van der Waals surface area contributed by atoms with Gasteiger partial charge in [-0.15, -0.1) is 0 Å². The second-order valence-corrected chi connectivity index (χ2v) is 2.31. The standard InChI is InChI=1S/C6H11FO5/c7-3(1-8)5(11)6(12)4(10)2-9/h1,3-6,9-12H,2H2/t3-,4+,5-,6+/m0/s1. The zero-order valence-corrected chi connectivity index (χ0v) is 6.17. The lowest BCUT2D eigenvalue weighted by atomic mass is 10.1. The number of carbonyl (C=O) groups excluding carboxylic acids is 1. The third kappa shape index (κ3) is 2.82. The van der Waals surface area contributed by atoms with Gasteiger partial charge in [-0.25, -0.2) is 4.39 Å². The Hall–Kier alpha value is -0.560. The first-order valence-electron chi connectivity index (χ1n) is 3.29. The van der Waals surface area contributed by atoms with Gasteiger partial charge < -0.3 is 25.2 Å². The molecule has 6 heteroatoms. The zero-order chi connectivity index (χ0) is 9.72. The van der Waals surface area contributed by atoms with E-state index >= 15 is 0 Å². The summed E-state index contributed by atoms with van der Waals surface area (Å²) in [6.45, 7) is -0.816. The summed E-state index contributed by atoms with van der Waals surface area (Å²) < 4.78 is 12.3. The molecule has 0 rings (SSSR count). The fourth-order valence-corrected chi connectivity index (χ4v) is 0.604. The Morgan fingerprint density at radius 2 is 1.75 bits per heavy atom. The number of aliphatic hydroxyl groups is 4. The van der Waals surface area contributed by atoms with Crippen molar-refractivity contribution in [2.24, 2.45) is 0 Å². The molecule has 12 heavy (non-hydrogen) atoms. The number of halogens is 1. The van der Waals surface area contributed by atoms with E-state index < -0.39 is 31.1 Å². The quantitative estimate of drug-likeness (QED) is 0.355. The van der Waals surface area contributed by atoms with Gasteiger partial charge in [0.25, 0.3) is 0 Å². The molecule has 5 nitrogen and oxygen atoms in total. The van der Waals surface area contributed by atoms with Crippen LogP contribution in [-0.2, 0) is 4.79 Å². The van der Waals surface area contributed by atoms with Gasteiger partial charge in [0.05, 0.1) is 6.61 Å². The molecule has 0 bridgehead atoms. The second-order valence-electron chi connectivity index (χ2n) is 2.31. The predicted molar refractivity (Wildman–Crippen MR) is 36.1 cm³/mol. The van der Waals surface area contributed by atoms with Crippen LogP contribution in [0.3, 0.4) is 0 Å². The number of hydrogen-bond donors (Lipinski definition) is 4. The van der Waals surface area contributed by atoms with E-state index in [9.17, 15) is 9.18 Å². The molecule has 0 amide bonds. The SMILES string of the molecule is O=C[C@H](F)[C@H](O)[C@H](O)[C@H](O)CO. The van der Waals surface area contributed by atoms with Crippen LogP contribution >= 0.6 is 0 Å². The van der Waals surface area contributed by atoms with Crippen molar-refractivity contribution in [1.29, 1.82) is 0 Å². The Morgan fingerprint density at radius 3 is 2.08 bits per heavy atom. The predicted octanol–water partition coefficient (Wildman–Crippen LogP) is -2.40. The van der Waals surface area contributed by atoms with Crippen molar-refractivity contribution in [3.05, 3.63) is 0 Å². The minimum absolute atomic E-state index is 0.196. The minimum atomic E-state index is -2.26. The molecule has 0 aromatic rings. The highest BCUT2D eigenvalue weighted by Gasteiger charge is 2.30. The van der Waals surface area contributed by atoms with Crippen LogP contribution in [0.5, 0.6) is 0 Å². The highest BCUT2D eigenvalue weighted by Crippen LogP contribution is 2.05. The van der Waals surface area contributed by atoms with E-state index in [4.69, 9.17) is 20.4 Å². The molecular weight excluding hydrogens is 171 g/mol. The average Bonchev–Trinajstić information content (AvgIpc) is 2.12. The first kappa shape index (κ1) is 11.4. The van der Waals surface area contributed by atoms with Crippen molar-refractivity contribution in [3.8, 4) is 0 Å². The largest absolute Gasteiger partial charge is 0.394 e. The fraction of sp³-hybridized carbons (Fsp3) is 0.833. The molecule has 0 saturated carbocycles. The van der Waals surface area contributed by atoms with Crippen LogP contribution < -0.4 is 0 Å². The van der Waals surface area contributed by atoms with Crippen molar-refractivity contribution in [2.45, 2.75) is 24.5 Å². The summed E-state index contributed by atoms with van der Waals surface area (Å²) in [5, 5.41) is 34.6. The number of alkyl halides is 1. The van der Waals surface area contributed by atoms with E-state index in [1.807, 2.05) is 0 Å². The Labute approximate surface area is 68.1 Å².